The van der Waals surface area contributed by atoms with E-state index < -0.39 is 0 Å². The van der Waals surface area contributed by atoms with Crippen LogP contribution in [0.15, 0.2) is 76.5 Å². The molecule has 3 aliphatic rings. The fourth-order valence-electron chi connectivity index (χ4n) is 2.89. The lowest BCUT2D eigenvalue weighted by atomic mass is 9.85. The van der Waals surface area contributed by atoms with Gasteiger partial charge in [0.05, 0.1) is 18.0 Å². The molecule has 4 rings (SSSR count). The number of benzene rings is 1. The standard InChI is InChI=1S/C18H14NO/c1-2-6-13(7-3-1)10-15-14-8-4-5-9-17(14)19-18-12-20-11-16(15)18/h2-9,11,17H,10,12H2. The Labute approximate surface area is 118 Å². The third-order valence-electron chi connectivity index (χ3n) is 3.87. The molecule has 0 bridgehead atoms. The van der Waals surface area contributed by atoms with Crippen molar-refractivity contribution in [3.8, 4) is 0 Å². The van der Waals surface area contributed by atoms with E-state index >= 15 is 0 Å². The van der Waals surface area contributed by atoms with Crippen molar-refractivity contribution in [2.75, 3.05) is 6.61 Å². The third-order valence-corrected chi connectivity index (χ3v) is 3.87. The first-order valence-electron chi connectivity index (χ1n) is 6.84. The average Bonchev–Trinajstić information content (AvgIpc) is 2.96. The second-order valence-corrected chi connectivity index (χ2v) is 5.13. The van der Waals surface area contributed by atoms with Crippen LogP contribution in [-0.2, 0) is 11.2 Å². The summed E-state index contributed by atoms with van der Waals surface area (Å²) in [5, 5.41) is 0. The molecule has 2 heteroatoms. The van der Waals surface area contributed by atoms with Crippen LogP contribution in [0.2, 0.25) is 0 Å². The van der Waals surface area contributed by atoms with E-state index in [-0.39, 0.29) is 6.04 Å². The summed E-state index contributed by atoms with van der Waals surface area (Å²) in [6, 6.07) is 11.4. The van der Waals surface area contributed by atoms with Crippen molar-refractivity contribution in [2.24, 2.45) is 4.99 Å². The van der Waals surface area contributed by atoms with E-state index in [1.54, 1.807) is 0 Å². The lowest BCUT2D eigenvalue weighted by Gasteiger charge is -2.24. The van der Waals surface area contributed by atoms with E-state index in [9.17, 15) is 0 Å². The van der Waals surface area contributed by atoms with E-state index in [1.165, 1.54) is 22.3 Å². The minimum Gasteiger partial charge on any atom is -0.494 e. The highest BCUT2D eigenvalue weighted by Gasteiger charge is 2.29. The Kier molecular flexibility index (Phi) is 2.66. The number of hydrogen-bond donors (Lipinski definition) is 0. The molecule has 2 aliphatic heterocycles. The number of nitrogens with zero attached hydrogens (tertiary/aromatic N) is 1. The molecular formula is C18H14NO. The number of rotatable bonds is 2. The topological polar surface area (TPSA) is 21.6 Å². The number of fused-ring (bicyclic) bond motifs is 2. The van der Waals surface area contributed by atoms with Crippen molar-refractivity contribution in [2.45, 2.75) is 12.5 Å². The summed E-state index contributed by atoms with van der Waals surface area (Å²) in [5.74, 6) is 0. The molecule has 97 valence electrons. The van der Waals surface area contributed by atoms with Crippen molar-refractivity contribution in [1.82, 2.24) is 0 Å². The fourth-order valence-corrected chi connectivity index (χ4v) is 2.89. The van der Waals surface area contributed by atoms with Gasteiger partial charge in [-0.3, -0.25) is 4.99 Å². The van der Waals surface area contributed by atoms with Gasteiger partial charge >= 0.3 is 0 Å². The molecule has 1 aromatic carbocycles. The lowest BCUT2D eigenvalue weighted by Crippen LogP contribution is -2.22. The van der Waals surface area contributed by atoms with Crippen molar-refractivity contribution in [1.29, 1.82) is 0 Å². The number of ether oxygens (including phenoxy) is 1. The van der Waals surface area contributed by atoms with Crippen molar-refractivity contribution in [3.63, 3.8) is 0 Å². The number of aliphatic imine (C=N–C) groups is 1. The van der Waals surface area contributed by atoms with Gasteiger partial charge in [0.2, 0.25) is 0 Å². The molecule has 1 aliphatic carbocycles. The summed E-state index contributed by atoms with van der Waals surface area (Å²) in [6.45, 7) is 0.600. The number of dihydropyridines is 1. The van der Waals surface area contributed by atoms with Gasteiger partial charge in [-0.1, -0.05) is 48.6 Å². The molecule has 0 N–H and O–H groups in total. The van der Waals surface area contributed by atoms with E-state index in [0.29, 0.717) is 6.61 Å². The summed E-state index contributed by atoms with van der Waals surface area (Å²) in [5.41, 5.74) is 6.17. The van der Waals surface area contributed by atoms with Gasteiger partial charge in [-0.25, -0.2) is 0 Å². The van der Waals surface area contributed by atoms with Crippen LogP contribution in [0.4, 0.5) is 0 Å². The molecule has 0 spiro atoms. The normalized spacial score (nSPS) is 22.9. The number of allylic oxidation sites excluding steroid dienone is 3. The largest absolute Gasteiger partial charge is 0.494 e. The van der Waals surface area contributed by atoms with Gasteiger partial charge in [0.25, 0.3) is 0 Å². The highest BCUT2D eigenvalue weighted by atomic mass is 16.5. The Bertz CT molecular complexity index is 689. The Morgan fingerprint density at radius 1 is 1.25 bits per heavy atom. The van der Waals surface area contributed by atoms with E-state index in [1.807, 2.05) is 18.4 Å². The van der Waals surface area contributed by atoms with Crippen LogP contribution >= 0.6 is 0 Å². The average molecular weight is 260 g/mol. The Morgan fingerprint density at radius 2 is 2.15 bits per heavy atom. The van der Waals surface area contributed by atoms with Crippen LogP contribution < -0.4 is 0 Å². The summed E-state index contributed by atoms with van der Waals surface area (Å²) in [7, 11) is 0. The molecule has 2 heterocycles. The predicted octanol–water partition coefficient (Wildman–Crippen LogP) is 3.19. The molecule has 2 nitrogen and oxygen atoms in total. The molecule has 1 atom stereocenters. The van der Waals surface area contributed by atoms with Crippen LogP contribution in [0, 0.1) is 6.07 Å². The summed E-state index contributed by atoms with van der Waals surface area (Å²) in [4.78, 5) is 4.78. The van der Waals surface area contributed by atoms with Gasteiger partial charge in [-0.05, 0) is 29.2 Å². The molecule has 0 saturated carbocycles. The molecule has 0 saturated heterocycles. The zero-order chi connectivity index (χ0) is 13.4. The third kappa shape index (κ3) is 1.85. The SMILES string of the molecule is [c]1ccc(CC2=C3C=CC=CC3N=C3COC=C32)cc1. The monoisotopic (exact) mass is 260 g/mol. The maximum atomic E-state index is 5.48. The predicted molar refractivity (Wildman–Crippen MR) is 79.5 cm³/mol. The highest BCUT2D eigenvalue weighted by molar-refractivity contribution is 6.07. The summed E-state index contributed by atoms with van der Waals surface area (Å²) < 4.78 is 5.48. The quantitative estimate of drug-likeness (QED) is 0.800. The Hall–Kier alpha value is -2.35. The van der Waals surface area contributed by atoms with Gasteiger partial charge in [0, 0.05) is 5.57 Å². The van der Waals surface area contributed by atoms with Crippen LogP contribution in [0.5, 0.6) is 0 Å². The van der Waals surface area contributed by atoms with Gasteiger partial charge in [0.15, 0.2) is 0 Å². The molecule has 1 aromatic rings. The van der Waals surface area contributed by atoms with E-state index in [2.05, 4.69) is 42.5 Å². The van der Waals surface area contributed by atoms with Crippen molar-refractivity contribution in [3.05, 3.63) is 83.2 Å². The highest BCUT2D eigenvalue weighted by Crippen LogP contribution is 2.34. The maximum absolute atomic E-state index is 5.48. The Balaban J connectivity index is 1.79. The lowest BCUT2D eigenvalue weighted by molar-refractivity contribution is 0.315. The molecule has 1 unspecified atom stereocenters. The smallest absolute Gasteiger partial charge is 0.130 e. The summed E-state index contributed by atoms with van der Waals surface area (Å²) in [6.07, 6.45) is 11.2. The zero-order valence-electron chi connectivity index (χ0n) is 11.0. The fraction of sp³-hybridized carbons (Fsp3) is 0.167. The van der Waals surface area contributed by atoms with Gasteiger partial charge in [0.1, 0.15) is 6.61 Å². The first-order valence-corrected chi connectivity index (χ1v) is 6.84. The molecular weight excluding hydrogens is 246 g/mol. The Morgan fingerprint density at radius 3 is 3.05 bits per heavy atom. The van der Waals surface area contributed by atoms with Crippen LogP contribution in [0.25, 0.3) is 0 Å². The van der Waals surface area contributed by atoms with Gasteiger partial charge < -0.3 is 4.74 Å². The molecule has 1 radical (unpaired) electrons. The molecule has 20 heavy (non-hydrogen) atoms. The minimum atomic E-state index is 0.152. The molecule has 0 fully saturated rings. The van der Waals surface area contributed by atoms with Gasteiger partial charge in [-0.2, -0.15) is 0 Å². The maximum Gasteiger partial charge on any atom is 0.130 e. The van der Waals surface area contributed by atoms with Crippen molar-refractivity contribution >= 4 is 5.71 Å². The first kappa shape index (κ1) is 11.5. The second-order valence-electron chi connectivity index (χ2n) is 5.13. The van der Waals surface area contributed by atoms with Crippen molar-refractivity contribution < 1.29 is 4.74 Å². The molecule has 0 amide bonds. The van der Waals surface area contributed by atoms with Gasteiger partial charge in [-0.15, -0.1) is 0 Å². The zero-order valence-corrected chi connectivity index (χ0v) is 11.0. The minimum absolute atomic E-state index is 0.152. The summed E-state index contributed by atoms with van der Waals surface area (Å²) >= 11 is 0. The first-order chi connectivity index (χ1) is 9.92. The molecule has 0 aromatic heterocycles. The number of hydrogen-bond acceptors (Lipinski definition) is 2. The van der Waals surface area contributed by atoms with E-state index in [4.69, 9.17) is 9.73 Å². The second kappa shape index (κ2) is 4.64. The van der Waals surface area contributed by atoms with Crippen LogP contribution in [0.1, 0.15) is 5.56 Å². The van der Waals surface area contributed by atoms with Crippen LogP contribution in [0.3, 0.4) is 0 Å². The van der Waals surface area contributed by atoms with Crippen LogP contribution in [-0.4, -0.2) is 18.4 Å². The van der Waals surface area contributed by atoms with E-state index in [0.717, 1.165) is 12.1 Å².